The van der Waals surface area contributed by atoms with Gasteiger partial charge >= 0.3 is 5.92 Å². The number of aromatic nitrogens is 3. The van der Waals surface area contributed by atoms with Crippen molar-refractivity contribution in [3.8, 4) is 0 Å². The summed E-state index contributed by atoms with van der Waals surface area (Å²) in [6, 6.07) is 11.0. The van der Waals surface area contributed by atoms with E-state index in [1.54, 1.807) is 6.07 Å². The fraction of sp³-hybridized carbons (Fsp3) is 0.273. The van der Waals surface area contributed by atoms with E-state index in [2.05, 4.69) is 20.6 Å². The van der Waals surface area contributed by atoms with Crippen molar-refractivity contribution in [2.24, 2.45) is 0 Å². The number of anilines is 1. The second-order valence-electron chi connectivity index (χ2n) is 7.26. The molecule has 0 aliphatic rings. The van der Waals surface area contributed by atoms with Gasteiger partial charge in [0.1, 0.15) is 12.2 Å². The third kappa shape index (κ3) is 5.93. The number of amides is 1. The highest BCUT2D eigenvalue weighted by Crippen LogP contribution is 2.27. The number of alkyl halides is 4. The van der Waals surface area contributed by atoms with E-state index in [4.69, 9.17) is 0 Å². The number of nitrogens with zero attached hydrogens (tertiary/aromatic N) is 3. The highest BCUT2D eigenvalue weighted by atomic mass is 19.3. The van der Waals surface area contributed by atoms with Crippen LogP contribution in [0.15, 0.2) is 65.7 Å². The summed E-state index contributed by atoms with van der Waals surface area (Å²) in [5.41, 5.74) is -1.32. The van der Waals surface area contributed by atoms with Crippen LogP contribution in [0.5, 0.6) is 0 Å². The molecule has 0 aliphatic carbocycles. The van der Waals surface area contributed by atoms with E-state index in [1.165, 1.54) is 55.7 Å². The van der Waals surface area contributed by atoms with Crippen molar-refractivity contribution in [3.05, 3.63) is 88.2 Å². The first-order valence-corrected chi connectivity index (χ1v) is 9.90. The van der Waals surface area contributed by atoms with E-state index in [1.807, 2.05) is 0 Å². The Balaban J connectivity index is 1.67. The van der Waals surface area contributed by atoms with Crippen LogP contribution in [0.3, 0.4) is 0 Å². The molecule has 1 aromatic carbocycles. The van der Waals surface area contributed by atoms with E-state index >= 15 is 0 Å². The number of hydrogen-bond donors (Lipinski definition) is 2. The summed E-state index contributed by atoms with van der Waals surface area (Å²) in [6.07, 6.45) is 2.44. The predicted octanol–water partition coefficient (Wildman–Crippen LogP) is 3.06. The number of pyridine rings is 1. The number of aryl methyl sites for hydroxylation is 1. The Labute approximate surface area is 186 Å². The van der Waals surface area contributed by atoms with Crippen LogP contribution in [-0.2, 0) is 23.2 Å². The van der Waals surface area contributed by atoms with Crippen molar-refractivity contribution in [1.29, 1.82) is 0 Å². The first-order chi connectivity index (χ1) is 15.6. The smallest absolute Gasteiger partial charge is 0.306 e. The number of nitrogens with one attached hydrogen (secondary N) is 2. The third-order valence-corrected chi connectivity index (χ3v) is 4.78. The number of hydrogen-bond acceptors (Lipinski definition) is 5. The molecule has 0 saturated heterocycles. The lowest BCUT2D eigenvalue weighted by Gasteiger charge is -2.19. The van der Waals surface area contributed by atoms with Crippen LogP contribution in [-0.4, -0.2) is 33.5 Å². The zero-order chi connectivity index (χ0) is 24.1. The van der Waals surface area contributed by atoms with Crippen LogP contribution < -0.4 is 16.2 Å². The molecular formula is C22H21F4N5O2. The molecule has 11 heteroatoms. The Morgan fingerprint density at radius 2 is 1.67 bits per heavy atom. The number of benzene rings is 1. The van der Waals surface area contributed by atoms with Gasteiger partial charge in [0.15, 0.2) is 5.82 Å². The molecule has 0 aliphatic heterocycles. The SMILES string of the molecule is Cc1cnc(NCC(F)(F)c2ccccn2)c(=O)n1CC(=O)NCC(F)(F)c1ccccc1. The topological polar surface area (TPSA) is 88.9 Å². The highest BCUT2D eigenvalue weighted by molar-refractivity contribution is 5.76. The fourth-order valence-electron chi connectivity index (χ4n) is 2.95. The molecule has 3 aromatic rings. The molecule has 0 unspecified atom stereocenters. The summed E-state index contributed by atoms with van der Waals surface area (Å²) in [6.45, 7) is -1.02. The first kappa shape index (κ1) is 23.9. The molecule has 0 atom stereocenters. The van der Waals surface area contributed by atoms with Gasteiger partial charge in [0.05, 0.1) is 13.1 Å². The lowest BCUT2D eigenvalue weighted by atomic mass is 10.1. The predicted molar refractivity (Wildman–Crippen MR) is 113 cm³/mol. The van der Waals surface area contributed by atoms with Crippen molar-refractivity contribution in [2.75, 3.05) is 18.4 Å². The zero-order valence-corrected chi connectivity index (χ0v) is 17.6. The van der Waals surface area contributed by atoms with E-state index in [0.29, 0.717) is 0 Å². The van der Waals surface area contributed by atoms with Gasteiger partial charge in [-0.25, -0.2) is 4.98 Å². The maximum Gasteiger partial charge on any atom is 0.306 e. The molecule has 2 heterocycles. The first-order valence-electron chi connectivity index (χ1n) is 9.90. The van der Waals surface area contributed by atoms with Gasteiger partial charge in [-0.3, -0.25) is 19.1 Å². The quantitative estimate of drug-likeness (QED) is 0.477. The summed E-state index contributed by atoms with van der Waals surface area (Å²) < 4.78 is 58.1. The van der Waals surface area contributed by atoms with Gasteiger partial charge in [-0.15, -0.1) is 0 Å². The zero-order valence-electron chi connectivity index (χ0n) is 17.6. The van der Waals surface area contributed by atoms with E-state index in [-0.39, 0.29) is 11.3 Å². The number of rotatable bonds is 9. The summed E-state index contributed by atoms with van der Waals surface area (Å²) in [5, 5.41) is 4.39. The second-order valence-corrected chi connectivity index (χ2v) is 7.26. The van der Waals surface area contributed by atoms with Crippen molar-refractivity contribution in [3.63, 3.8) is 0 Å². The highest BCUT2D eigenvalue weighted by Gasteiger charge is 2.34. The van der Waals surface area contributed by atoms with Crippen LogP contribution in [0.1, 0.15) is 17.0 Å². The maximum absolute atomic E-state index is 14.3. The Hall–Kier alpha value is -3.76. The van der Waals surface area contributed by atoms with E-state index < -0.39 is 54.5 Å². The maximum atomic E-state index is 14.3. The van der Waals surface area contributed by atoms with Crippen molar-refractivity contribution >= 4 is 11.7 Å². The number of carbonyl (C=O) groups is 1. The largest absolute Gasteiger partial charge is 0.359 e. The molecule has 33 heavy (non-hydrogen) atoms. The average Bonchev–Trinajstić information content (AvgIpc) is 2.81. The molecule has 7 nitrogen and oxygen atoms in total. The van der Waals surface area contributed by atoms with Gasteiger partial charge in [0, 0.05) is 23.7 Å². The molecule has 0 fully saturated rings. The van der Waals surface area contributed by atoms with Crippen LogP contribution in [0.25, 0.3) is 0 Å². The number of carbonyl (C=O) groups excluding carboxylic acids is 1. The Morgan fingerprint density at radius 1 is 0.970 bits per heavy atom. The molecule has 0 spiro atoms. The Bertz CT molecular complexity index is 1150. The van der Waals surface area contributed by atoms with Crippen LogP contribution in [0.4, 0.5) is 23.4 Å². The minimum atomic E-state index is -3.38. The van der Waals surface area contributed by atoms with Crippen LogP contribution in [0.2, 0.25) is 0 Å². The monoisotopic (exact) mass is 463 g/mol. The minimum Gasteiger partial charge on any atom is -0.359 e. The molecule has 0 radical (unpaired) electrons. The second kappa shape index (κ2) is 9.80. The van der Waals surface area contributed by atoms with Gasteiger partial charge in [-0.2, -0.15) is 17.6 Å². The standard InChI is InChI=1S/C22H21F4N5O2/c1-15-11-28-19(30-14-22(25,26)17-9-5-6-10-27-17)20(33)31(15)12-18(32)29-13-21(23,24)16-7-3-2-4-8-16/h2-11H,12-14H2,1H3,(H,28,30)(H,29,32). The lowest BCUT2D eigenvalue weighted by Crippen LogP contribution is -2.39. The summed E-state index contributed by atoms with van der Waals surface area (Å²) in [5.74, 6) is -7.94. The van der Waals surface area contributed by atoms with Gasteiger partial charge in [0.2, 0.25) is 5.91 Å². The van der Waals surface area contributed by atoms with Gasteiger partial charge in [0.25, 0.3) is 11.5 Å². The third-order valence-electron chi connectivity index (χ3n) is 4.78. The van der Waals surface area contributed by atoms with Crippen molar-refractivity contribution in [2.45, 2.75) is 25.3 Å². The van der Waals surface area contributed by atoms with Crippen molar-refractivity contribution < 1.29 is 22.4 Å². The minimum absolute atomic E-state index is 0.256. The van der Waals surface area contributed by atoms with Gasteiger partial charge in [-0.1, -0.05) is 36.4 Å². The molecular weight excluding hydrogens is 442 g/mol. The van der Waals surface area contributed by atoms with E-state index in [0.717, 1.165) is 10.6 Å². The molecule has 2 N–H and O–H groups in total. The van der Waals surface area contributed by atoms with Gasteiger partial charge < -0.3 is 10.6 Å². The summed E-state index contributed by atoms with van der Waals surface area (Å²) >= 11 is 0. The molecule has 3 rings (SSSR count). The average molecular weight is 463 g/mol. The molecule has 2 aromatic heterocycles. The van der Waals surface area contributed by atoms with Crippen molar-refractivity contribution in [1.82, 2.24) is 19.9 Å². The summed E-state index contributed by atoms with van der Waals surface area (Å²) in [4.78, 5) is 32.3. The van der Waals surface area contributed by atoms with E-state index in [9.17, 15) is 27.2 Å². The van der Waals surface area contributed by atoms with Crippen LogP contribution >= 0.6 is 0 Å². The molecule has 174 valence electrons. The normalized spacial score (nSPS) is 11.8. The Kier molecular flexibility index (Phi) is 7.10. The lowest BCUT2D eigenvalue weighted by molar-refractivity contribution is -0.123. The molecule has 0 saturated carbocycles. The molecule has 1 amide bonds. The Morgan fingerprint density at radius 3 is 2.33 bits per heavy atom. The van der Waals surface area contributed by atoms with Crippen LogP contribution in [0, 0.1) is 6.92 Å². The van der Waals surface area contributed by atoms with Gasteiger partial charge in [-0.05, 0) is 19.1 Å². The number of halogens is 4. The fourth-order valence-corrected chi connectivity index (χ4v) is 2.95. The summed E-state index contributed by atoms with van der Waals surface area (Å²) in [7, 11) is 0. The molecule has 0 bridgehead atoms.